The van der Waals surface area contributed by atoms with Crippen molar-refractivity contribution in [1.29, 1.82) is 0 Å². The van der Waals surface area contributed by atoms with Crippen molar-refractivity contribution < 1.29 is 9.53 Å². The van der Waals surface area contributed by atoms with Crippen molar-refractivity contribution in [3.05, 3.63) is 35.9 Å². The summed E-state index contributed by atoms with van der Waals surface area (Å²) in [4.78, 5) is 12.6. The molecule has 220 valence electrons. The Morgan fingerprint density at radius 2 is 1.24 bits per heavy atom. The third-order valence-corrected chi connectivity index (χ3v) is 7.47. The molecule has 4 nitrogen and oxygen atoms in total. The summed E-state index contributed by atoms with van der Waals surface area (Å²) in [7, 11) is 0. The summed E-state index contributed by atoms with van der Waals surface area (Å²) in [5.41, 5.74) is 1.23. The lowest BCUT2D eigenvalue weighted by atomic mass is 9.99. The number of nitrogens with one attached hydrogen (secondary N) is 2. The summed E-state index contributed by atoms with van der Waals surface area (Å²) in [6.07, 6.45) is 24.8. The van der Waals surface area contributed by atoms with E-state index in [-0.39, 0.29) is 5.91 Å². The van der Waals surface area contributed by atoms with Gasteiger partial charge in [0.1, 0.15) is 0 Å². The van der Waals surface area contributed by atoms with Crippen LogP contribution in [0.15, 0.2) is 30.3 Å². The zero-order valence-corrected chi connectivity index (χ0v) is 25.3. The quantitative estimate of drug-likeness (QED) is 0.106. The molecular formula is C34H62N2O2. The highest BCUT2D eigenvalue weighted by Gasteiger charge is 2.12. The second-order valence-electron chi connectivity index (χ2n) is 11.2. The predicted molar refractivity (Wildman–Crippen MR) is 165 cm³/mol. The first-order valence-corrected chi connectivity index (χ1v) is 16.4. The molecule has 0 spiro atoms. The second kappa shape index (κ2) is 27.2. The van der Waals surface area contributed by atoms with Crippen LogP contribution in [0.3, 0.4) is 0 Å². The third kappa shape index (κ3) is 22.6. The van der Waals surface area contributed by atoms with Gasteiger partial charge in [0.05, 0.1) is 13.2 Å². The van der Waals surface area contributed by atoms with E-state index in [1.807, 2.05) is 6.07 Å². The van der Waals surface area contributed by atoms with Crippen molar-refractivity contribution in [2.24, 2.45) is 0 Å². The van der Waals surface area contributed by atoms with E-state index in [4.69, 9.17) is 4.74 Å². The highest BCUT2D eigenvalue weighted by Crippen LogP contribution is 2.15. The molecule has 0 fully saturated rings. The van der Waals surface area contributed by atoms with Gasteiger partial charge in [0.15, 0.2) is 0 Å². The normalized spacial score (nSPS) is 11.3. The van der Waals surface area contributed by atoms with Crippen molar-refractivity contribution in [1.82, 2.24) is 10.6 Å². The molecule has 0 saturated carbocycles. The van der Waals surface area contributed by atoms with E-state index < -0.39 is 0 Å². The summed E-state index contributed by atoms with van der Waals surface area (Å²) >= 11 is 0. The van der Waals surface area contributed by atoms with Gasteiger partial charge in [0.25, 0.3) is 0 Å². The van der Waals surface area contributed by atoms with Crippen molar-refractivity contribution >= 4 is 5.91 Å². The lowest BCUT2D eigenvalue weighted by Gasteiger charge is -2.19. The van der Waals surface area contributed by atoms with Gasteiger partial charge < -0.3 is 15.4 Å². The Balaban J connectivity index is 2.03. The lowest BCUT2D eigenvalue weighted by Crippen LogP contribution is -2.34. The molecule has 0 saturated heterocycles. The first-order valence-electron chi connectivity index (χ1n) is 16.4. The van der Waals surface area contributed by atoms with E-state index in [1.54, 1.807) is 0 Å². The van der Waals surface area contributed by atoms with Crippen LogP contribution in [0.1, 0.15) is 148 Å². The van der Waals surface area contributed by atoms with Crippen LogP contribution in [0.2, 0.25) is 0 Å². The summed E-state index contributed by atoms with van der Waals surface area (Å²) in [5, 5.41) is 6.88. The highest BCUT2D eigenvalue weighted by atomic mass is 16.5. The van der Waals surface area contributed by atoms with E-state index in [0.717, 1.165) is 45.4 Å². The number of unbranched alkanes of at least 4 members (excludes halogenated alkanes) is 14. The van der Waals surface area contributed by atoms with Crippen LogP contribution in [-0.2, 0) is 16.1 Å². The number of benzene rings is 1. The Morgan fingerprint density at radius 3 is 1.87 bits per heavy atom. The minimum atomic E-state index is 0.282. The maximum atomic E-state index is 12.6. The number of amides is 1. The largest absolute Gasteiger partial charge is 0.375 e. The Kier molecular flexibility index (Phi) is 24.8. The van der Waals surface area contributed by atoms with Crippen LogP contribution in [0.4, 0.5) is 0 Å². The van der Waals surface area contributed by atoms with Crippen LogP contribution < -0.4 is 10.6 Å². The zero-order chi connectivity index (χ0) is 27.4. The summed E-state index contributed by atoms with van der Waals surface area (Å²) < 4.78 is 5.71. The maximum absolute atomic E-state index is 12.6. The van der Waals surface area contributed by atoms with Gasteiger partial charge in [-0.15, -0.1) is 0 Å². The van der Waals surface area contributed by atoms with E-state index in [1.165, 1.54) is 102 Å². The number of hydrogen-bond acceptors (Lipinski definition) is 3. The molecule has 38 heavy (non-hydrogen) atoms. The average Bonchev–Trinajstić information content (AvgIpc) is 2.93. The molecular weight excluding hydrogens is 468 g/mol. The lowest BCUT2D eigenvalue weighted by molar-refractivity contribution is -0.122. The molecule has 0 heterocycles. The van der Waals surface area contributed by atoms with Gasteiger partial charge in [-0.3, -0.25) is 4.79 Å². The summed E-state index contributed by atoms with van der Waals surface area (Å²) in [6, 6.07) is 10.7. The number of carbonyl (C=O) groups excluding carboxylic acids is 1. The van der Waals surface area contributed by atoms with Gasteiger partial charge in [-0.25, -0.2) is 0 Å². The highest BCUT2D eigenvalue weighted by molar-refractivity contribution is 5.76. The van der Waals surface area contributed by atoms with Crippen LogP contribution in [0.5, 0.6) is 0 Å². The minimum Gasteiger partial charge on any atom is -0.375 e. The third-order valence-electron chi connectivity index (χ3n) is 7.47. The fourth-order valence-electron chi connectivity index (χ4n) is 5.03. The molecule has 4 heteroatoms. The summed E-state index contributed by atoms with van der Waals surface area (Å²) in [6.45, 7) is 7.95. The standard InChI is InChI=1S/C34H62N2O2/c1-3-5-7-9-12-19-25-33(26-20-13-10-8-6-4-2)36-34(37)27-21-14-11-15-22-28-35-29-30-38-31-32-23-17-16-18-24-32/h16-18,23-24,33,35H,3-15,19-22,25-31H2,1-2H3,(H,36,37). The SMILES string of the molecule is CCCCCCCCC(CCCCCCCC)NC(=O)CCCCCCCNCCOCc1ccccc1. The number of carbonyl (C=O) groups is 1. The van der Waals surface area contributed by atoms with Gasteiger partial charge >= 0.3 is 0 Å². The van der Waals surface area contributed by atoms with E-state index in [9.17, 15) is 4.79 Å². The van der Waals surface area contributed by atoms with Crippen LogP contribution in [-0.4, -0.2) is 31.6 Å². The predicted octanol–water partition coefficient (Wildman–Crippen LogP) is 9.12. The molecule has 0 radical (unpaired) electrons. The smallest absolute Gasteiger partial charge is 0.220 e. The molecule has 2 N–H and O–H groups in total. The molecule has 1 aromatic rings. The molecule has 0 aromatic heterocycles. The van der Waals surface area contributed by atoms with E-state index in [2.05, 4.69) is 48.7 Å². The molecule has 0 aliphatic rings. The van der Waals surface area contributed by atoms with Crippen LogP contribution in [0.25, 0.3) is 0 Å². The Hall–Kier alpha value is -1.39. The topological polar surface area (TPSA) is 50.4 Å². The molecule has 1 amide bonds. The van der Waals surface area contributed by atoms with Crippen LogP contribution >= 0.6 is 0 Å². The van der Waals surface area contributed by atoms with Gasteiger partial charge in [0.2, 0.25) is 5.91 Å². The van der Waals surface area contributed by atoms with Gasteiger partial charge in [-0.05, 0) is 37.8 Å². The summed E-state index contributed by atoms with van der Waals surface area (Å²) in [5.74, 6) is 0.282. The molecule has 1 aromatic carbocycles. The molecule has 0 atom stereocenters. The van der Waals surface area contributed by atoms with E-state index >= 15 is 0 Å². The van der Waals surface area contributed by atoms with Crippen LogP contribution in [0, 0.1) is 0 Å². The Bertz CT molecular complexity index is 606. The number of hydrogen-bond donors (Lipinski definition) is 2. The first kappa shape index (κ1) is 34.6. The zero-order valence-electron chi connectivity index (χ0n) is 25.3. The number of ether oxygens (including phenoxy) is 1. The molecule has 1 rings (SSSR count). The second-order valence-corrected chi connectivity index (χ2v) is 11.2. The molecule has 0 unspecified atom stereocenters. The van der Waals surface area contributed by atoms with Gasteiger partial charge in [0, 0.05) is 19.0 Å². The van der Waals surface area contributed by atoms with E-state index in [0.29, 0.717) is 19.1 Å². The molecule has 0 aliphatic carbocycles. The molecule has 0 bridgehead atoms. The fraction of sp³-hybridized carbons (Fsp3) is 0.794. The van der Waals surface area contributed by atoms with Crippen molar-refractivity contribution in [3.63, 3.8) is 0 Å². The Labute approximate surface area is 236 Å². The monoisotopic (exact) mass is 530 g/mol. The van der Waals surface area contributed by atoms with Crippen molar-refractivity contribution in [2.75, 3.05) is 19.7 Å². The number of rotatable bonds is 28. The van der Waals surface area contributed by atoms with Crippen molar-refractivity contribution in [2.45, 2.75) is 155 Å². The average molecular weight is 531 g/mol. The van der Waals surface area contributed by atoms with Gasteiger partial charge in [-0.2, -0.15) is 0 Å². The Morgan fingerprint density at radius 1 is 0.684 bits per heavy atom. The minimum absolute atomic E-state index is 0.282. The maximum Gasteiger partial charge on any atom is 0.220 e. The van der Waals surface area contributed by atoms with Crippen molar-refractivity contribution in [3.8, 4) is 0 Å². The molecule has 0 aliphatic heterocycles. The van der Waals surface area contributed by atoms with Gasteiger partial charge in [-0.1, -0.05) is 140 Å². The first-order chi connectivity index (χ1) is 18.8. The fourth-order valence-corrected chi connectivity index (χ4v) is 5.03.